The molecule has 0 saturated heterocycles. The Labute approximate surface area is 153 Å². The van der Waals surface area contributed by atoms with E-state index in [-0.39, 0.29) is 18.5 Å². The summed E-state index contributed by atoms with van der Waals surface area (Å²) in [7, 11) is 0. The lowest BCUT2D eigenvalue weighted by atomic mass is 10.1. The molecule has 3 amide bonds. The van der Waals surface area contributed by atoms with Crippen LogP contribution in [0.1, 0.15) is 31.0 Å². The van der Waals surface area contributed by atoms with E-state index in [1.807, 2.05) is 36.9 Å². The Bertz CT molecular complexity index is 782. The van der Waals surface area contributed by atoms with Crippen LogP contribution in [0.5, 0.6) is 0 Å². The molecule has 2 aromatic carbocycles. The SMILES string of the molecule is CCN(CC(=O)NC(=O)Nc1ccccc1)[C@@H](C)c1ccc(C#N)cc1. The van der Waals surface area contributed by atoms with Crippen molar-refractivity contribution in [1.29, 1.82) is 5.26 Å². The van der Waals surface area contributed by atoms with E-state index in [0.717, 1.165) is 5.56 Å². The molecule has 0 saturated carbocycles. The normalized spacial score (nSPS) is 11.5. The van der Waals surface area contributed by atoms with E-state index < -0.39 is 6.03 Å². The predicted molar refractivity (Wildman–Crippen MR) is 100 cm³/mol. The molecule has 0 aliphatic rings. The first-order valence-electron chi connectivity index (χ1n) is 8.43. The maximum Gasteiger partial charge on any atom is 0.325 e. The van der Waals surface area contributed by atoms with Gasteiger partial charge in [0.25, 0.3) is 0 Å². The molecule has 0 aliphatic carbocycles. The number of hydrogen-bond acceptors (Lipinski definition) is 4. The second kappa shape index (κ2) is 9.35. The first-order valence-corrected chi connectivity index (χ1v) is 8.43. The lowest BCUT2D eigenvalue weighted by molar-refractivity contribution is -0.121. The van der Waals surface area contributed by atoms with Gasteiger partial charge in [0.05, 0.1) is 18.2 Å². The van der Waals surface area contributed by atoms with Crippen LogP contribution in [0.15, 0.2) is 54.6 Å². The van der Waals surface area contributed by atoms with E-state index in [1.165, 1.54) is 0 Å². The Morgan fingerprint density at radius 2 is 1.77 bits per heavy atom. The number of carbonyl (C=O) groups excluding carboxylic acids is 2. The Morgan fingerprint density at radius 1 is 1.12 bits per heavy atom. The third kappa shape index (κ3) is 5.43. The van der Waals surface area contributed by atoms with Crippen molar-refractivity contribution < 1.29 is 9.59 Å². The van der Waals surface area contributed by atoms with Gasteiger partial charge in [0.2, 0.25) is 5.91 Å². The summed E-state index contributed by atoms with van der Waals surface area (Å²) < 4.78 is 0. The number of para-hydroxylation sites is 1. The summed E-state index contributed by atoms with van der Waals surface area (Å²) in [5.41, 5.74) is 2.22. The number of rotatable bonds is 6. The minimum absolute atomic E-state index is 0.0179. The molecule has 2 rings (SSSR count). The fourth-order valence-electron chi connectivity index (χ4n) is 2.60. The zero-order valence-electron chi connectivity index (χ0n) is 14.9. The Balaban J connectivity index is 1.92. The highest BCUT2D eigenvalue weighted by Gasteiger charge is 2.18. The van der Waals surface area contributed by atoms with Crippen LogP contribution in [0.25, 0.3) is 0 Å². The van der Waals surface area contributed by atoms with Crippen molar-refractivity contribution in [2.75, 3.05) is 18.4 Å². The minimum Gasteiger partial charge on any atom is -0.308 e. The first kappa shape index (κ1) is 19.2. The molecule has 0 unspecified atom stereocenters. The molecular weight excluding hydrogens is 328 g/mol. The number of amides is 3. The van der Waals surface area contributed by atoms with Crippen LogP contribution < -0.4 is 10.6 Å². The Morgan fingerprint density at radius 3 is 2.35 bits per heavy atom. The molecule has 2 aromatic rings. The van der Waals surface area contributed by atoms with Gasteiger partial charge in [-0.3, -0.25) is 15.0 Å². The van der Waals surface area contributed by atoms with Crippen molar-refractivity contribution in [2.24, 2.45) is 0 Å². The summed E-state index contributed by atoms with van der Waals surface area (Å²) in [6, 6.07) is 17.7. The van der Waals surface area contributed by atoms with Gasteiger partial charge in [0.1, 0.15) is 0 Å². The number of benzene rings is 2. The number of nitriles is 1. The van der Waals surface area contributed by atoms with Crippen LogP contribution in [0.3, 0.4) is 0 Å². The molecule has 0 spiro atoms. The standard InChI is InChI=1S/C20H22N4O2/c1-3-24(15(2)17-11-9-16(13-21)10-12-17)14-19(25)23-20(26)22-18-7-5-4-6-8-18/h4-12,15H,3,14H2,1-2H3,(H2,22,23,25,26)/t15-/m0/s1. The third-order valence-corrected chi connectivity index (χ3v) is 4.11. The molecule has 0 radical (unpaired) electrons. The van der Waals surface area contributed by atoms with Crippen molar-refractivity contribution >= 4 is 17.6 Å². The Kier molecular flexibility index (Phi) is 6.89. The highest BCUT2D eigenvalue weighted by atomic mass is 16.2. The van der Waals surface area contributed by atoms with Gasteiger partial charge in [-0.25, -0.2) is 4.79 Å². The van der Waals surface area contributed by atoms with Crippen molar-refractivity contribution in [1.82, 2.24) is 10.2 Å². The predicted octanol–water partition coefficient (Wildman–Crippen LogP) is 3.29. The summed E-state index contributed by atoms with van der Waals surface area (Å²) in [5.74, 6) is -0.374. The van der Waals surface area contributed by atoms with Crippen LogP contribution in [-0.4, -0.2) is 29.9 Å². The number of likely N-dealkylation sites (N-methyl/N-ethyl adjacent to an activating group) is 1. The molecule has 6 heteroatoms. The zero-order valence-corrected chi connectivity index (χ0v) is 14.9. The lowest BCUT2D eigenvalue weighted by Crippen LogP contribution is -2.42. The molecule has 2 N–H and O–H groups in total. The van der Waals surface area contributed by atoms with Crippen LogP contribution in [0.2, 0.25) is 0 Å². The van der Waals surface area contributed by atoms with Gasteiger partial charge in [0.15, 0.2) is 0 Å². The average Bonchev–Trinajstić information content (AvgIpc) is 2.66. The van der Waals surface area contributed by atoms with Gasteiger partial charge >= 0.3 is 6.03 Å². The van der Waals surface area contributed by atoms with Crippen LogP contribution in [0.4, 0.5) is 10.5 Å². The van der Waals surface area contributed by atoms with Gasteiger partial charge in [-0.15, -0.1) is 0 Å². The fourth-order valence-corrected chi connectivity index (χ4v) is 2.60. The average molecular weight is 350 g/mol. The third-order valence-electron chi connectivity index (χ3n) is 4.11. The summed E-state index contributed by atoms with van der Waals surface area (Å²) in [5, 5.41) is 13.8. The number of hydrogen-bond donors (Lipinski definition) is 2. The second-order valence-corrected chi connectivity index (χ2v) is 5.84. The van der Waals surface area contributed by atoms with Crippen LogP contribution >= 0.6 is 0 Å². The van der Waals surface area contributed by atoms with Gasteiger partial charge in [-0.1, -0.05) is 37.3 Å². The number of carbonyl (C=O) groups is 2. The number of anilines is 1. The Hall–Kier alpha value is -3.17. The quantitative estimate of drug-likeness (QED) is 0.837. The maximum atomic E-state index is 12.2. The number of urea groups is 1. The number of nitrogens with one attached hydrogen (secondary N) is 2. The van der Waals surface area contributed by atoms with E-state index in [0.29, 0.717) is 17.8 Å². The summed E-state index contributed by atoms with van der Waals surface area (Å²) >= 11 is 0. The van der Waals surface area contributed by atoms with Crippen molar-refractivity contribution in [3.05, 3.63) is 65.7 Å². The molecule has 134 valence electrons. The molecule has 0 bridgehead atoms. The molecule has 6 nitrogen and oxygen atoms in total. The minimum atomic E-state index is -0.553. The van der Waals surface area contributed by atoms with E-state index in [9.17, 15) is 9.59 Å². The van der Waals surface area contributed by atoms with E-state index in [1.54, 1.807) is 36.4 Å². The van der Waals surface area contributed by atoms with E-state index in [2.05, 4.69) is 16.7 Å². The summed E-state index contributed by atoms with van der Waals surface area (Å²) in [6.07, 6.45) is 0. The monoisotopic (exact) mass is 350 g/mol. The van der Waals surface area contributed by atoms with Gasteiger partial charge < -0.3 is 5.32 Å². The maximum absolute atomic E-state index is 12.2. The van der Waals surface area contributed by atoms with Crippen LogP contribution in [-0.2, 0) is 4.79 Å². The molecule has 0 aliphatic heterocycles. The van der Waals surface area contributed by atoms with E-state index in [4.69, 9.17) is 5.26 Å². The summed E-state index contributed by atoms with van der Waals surface area (Å²) in [6.45, 7) is 4.69. The zero-order chi connectivity index (χ0) is 18.9. The van der Waals surface area contributed by atoms with Crippen molar-refractivity contribution in [2.45, 2.75) is 19.9 Å². The van der Waals surface area contributed by atoms with Crippen molar-refractivity contribution in [3.8, 4) is 6.07 Å². The van der Waals surface area contributed by atoms with Gasteiger partial charge in [-0.2, -0.15) is 5.26 Å². The topological polar surface area (TPSA) is 85.2 Å². The lowest BCUT2D eigenvalue weighted by Gasteiger charge is -2.27. The molecule has 0 aromatic heterocycles. The van der Waals surface area contributed by atoms with Crippen molar-refractivity contribution in [3.63, 3.8) is 0 Å². The van der Waals surface area contributed by atoms with E-state index >= 15 is 0 Å². The number of imide groups is 1. The largest absolute Gasteiger partial charge is 0.325 e. The highest BCUT2D eigenvalue weighted by Crippen LogP contribution is 2.20. The second-order valence-electron chi connectivity index (χ2n) is 5.84. The smallest absolute Gasteiger partial charge is 0.308 e. The number of nitrogens with zero attached hydrogens (tertiary/aromatic N) is 2. The summed E-state index contributed by atoms with van der Waals surface area (Å²) in [4.78, 5) is 26.1. The molecular formula is C20H22N4O2. The molecule has 1 atom stereocenters. The molecule has 26 heavy (non-hydrogen) atoms. The van der Waals surface area contributed by atoms with Gasteiger partial charge in [0, 0.05) is 11.7 Å². The highest BCUT2D eigenvalue weighted by molar-refractivity contribution is 6.01. The molecule has 0 fully saturated rings. The molecule has 0 heterocycles. The van der Waals surface area contributed by atoms with Gasteiger partial charge in [-0.05, 0) is 43.3 Å². The first-order chi connectivity index (χ1) is 12.5. The fraction of sp³-hybridized carbons (Fsp3) is 0.250. The van der Waals surface area contributed by atoms with Crippen LogP contribution in [0, 0.1) is 11.3 Å².